The Hall–Kier alpha value is -3.95. The van der Waals surface area contributed by atoms with Crippen LogP contribution in [-0.4, -0.2) is 43.8 Å². The highest BCUT2D eigenvalue weighted by Crippen LogP contribution is 2.28. The summed E-state index contributed by atoms with van der Waals surface area (Å²) in [4.78, 5) is 30.1. The van der Waals surface area contributed by atoms with Gasteiger partial charge in [0, 0.05) is 23.5 Å². The molecule has 0 aliphatic heterocycles. The summed E-state index contributed by atoms with van der Waals surface area (Å²) in [5.74, 6) is -0.778. The van der Waals surface area contributed by atoms with Crippen molar-refractivity contribution in [1.29, 1.82) is 0 Å². The van der Waals surface area contributed by atoms with E-state index in [4.69, 9.17) is 0 Å². The second-order valence-electron chi connectivity index (χ2n) is 11.3. The number of hydrogen-bond donors (Lipinski definition) is 1. The molecule has 0 radical (unpaired) electrons. The van der Waals surface area contributed by atoms with Gasteiger partial charge in [0.2, 0.25) is 11.8 Å². The van der Waals surface area contributed by atoms with Crippen LogP contribution in [0.3, 0.4) is 0 Å². The summed E-state index contributed by atoms with van der Waals surface area (Å²) in [7, 11) is -4.15. The fraction of sp³-hybridized carbons (Fsp3) is 0.278. The Labute approximate surface area is 275 Å². The maximum Gasteiger partial charge on any atom is 0.264 e. The lowest BCUT2D eigenvalue weighted by atomic mass is 10.0. The standard InChI is InChI=1S/C36H40BrN3O4S/c1-5-28(4)38-36(42)34(23-29-12-7-6-8-13-29)39(24-30-17-19-31(37)20-18-30)35(41)25-40(33-14-10-9-11-27(33)3)45(43,44)32-21-15-26(2)16-22-32/h6-22,28,34H,5,23-25H2,1-4H3,(H,38,42)/t28-,34-/m1/s1. The number of rotatable bonds is 13. The maximum atomic E-state index is 14.6. The summed E-state index contributed by atoms with van der Waals surface area (Å²) in [6.45, 7) is 7.23. The fourth-order valence-electron chi connectivity index (χ4n) is 4.98. The molecule has 0 saturated heterocycles. The molecule has 0 aliphatic carbocycles. The zero-order chi connectivity index (χ0) is 32.6. The molecular formula is C36H40BrN3O4S. The molecule has 1 N–H and O–H groups in total. The maximum absolute atomic E-state index is 14.6. The first-order chi connectivity index (χ1) is 21.5. The van der Waals surface area contributed by atoms with Gasteiger partial charge in [-0.3, -0.25) is 13.9 Å². The first kappa shape index (κ1) is 33.9. The number of nitrogens with zero attached hydrogens (tertiary/aromatic N) is 2. The first-order valence-corrected chi connectivity index (χ1v) is 17.3. The van der Waals surface area contributed by atoms with Crippen molar-refractivity contribution in [2.45, 2.75) is 64.1 Å². The third-order valence-corrected chi connectivity index (χ3v) is 10.1. The van der Waals surface area contributed by atoms with Crippen molar-refractivity contribution in [2.75, 3.05) is 10.8 Å². The smallest absolute Gasteiger partial charge is 0.264 e. The molecule has 0 aliphatic rings. The molecule has 236 valence electrons. The Morgan fingerprint density at radius 1 is 0.822 bits per heavy atom. The van der Waals surface area contributed by atoms with E-state index in [0.29, 0.717) is 11.3 Å². The number of aryl methyl sites for hydroxylation is 2. The van der Waals surface area contributed by atoms with Crippen LogP contribution >= 0.6 is 15.9 Å². The molecule has 4 aromatic rings. The van der Waals surface area contributed by atoms with Gasteiger partial charge in [-0.15, -0.1) is 0 Å². The molecule has 9 heteroatoms. The van der Waals surface area contributed by atoms with Crippen LogP contribution in [0.1, 0.15) is 42.5 Å². The molecular weight excluding hydrogens is 650 g/mol. The summed E-state index contributed by atoms with van der Waals surface area (Å²) in [5.41, 5.74) is 3.72. The van der Waals surface area contributed by atoms with Crippen molar-refractivity contribution >= 4 is 43.5 Å². The van der Waals surface area contributed by atoms with E-state index in [1.54, 1.807) is 36.4 Å². The molecule has 0 aromatic heterocycles. The molecule has 0 unspecified atom stereocenters. The SMILES string of the molecule is CC[C@@H](C)NC(=O)[C@@H](Cc1ccccc1)N(Cc1ccc(Br)cc1)C(=O)CN(c1ccccc1C)S(=O)(=O)c1ccc(C)cc1. The van der Waals surface area contributed by atoms with E-state index in [1.165, 1.54) is 4.90 Å². The van der Waals surface area contributed by atoms with Crippen LogP contribution in [0.5, 0.6) is 0 Å². The lowest BCUT2D eigenvalue weighted by Crippen LogP contribution is -2.54. The molecule has 0 bridgehead atoms. The number of sulfonamides is 1. The minimum absolute atomic E-state index is 0.0824. The minimum Gasteiger partial charge on any atom is -0.352 e. The molecule has 0 heterocycles. The molecule has 4 aromatic carbocycles. The predicted octanol–water partition coefficient (Wildman–Crippen LogP) is 6.82. The van der Waals surface area contributed by atoms with Crippen molar-refractivity contribution in [3.05, 3.63) is 130 Å². The molecule has 4 rings (SSSR count). The van der Waals surface area contributed by atoms with E-state index in [1.807, 2.05) is 94.4 Å². The predicted molar refractivity (Wildman–Crippen MR) is 183 cm³/mol. The van der Waals surface area contributed by atoms with E-state index >= 15 is 0 Å². The minimum atomic E-state index is -4.15. The highest BCUT2D eigenvalue weighted by molar-refractivity contribution is 9.10. The van der Waals surface area contributed by atoms with E-state index in [0.717, 1.165) is 31.9 Å². The van der Waals surface area contributed by atoms with Gasteiger partial charge in [0.05, 0.1) is 10.6 Å². The third-order valence-electron chi connectivity index (χ3n) is 7.81. The van der Waals surface area contributed by atoms with Crippen LogP contribution in [0.4, 0.5) is 5.69 Å². The van der Waals surface area contributed by atoms with Crippen LogP contribution in [0.2, 0.25) is 0 Å². The number of benzene rings is 4. The van der Waals surface area contributed by atoms with Gasteiger partial charge in [0.15, 0.2) is 0 Å². The van der Waals surface area contributed by atoms with Crippen LogP contribution in [0, 0.1) is 13.8 Å². The second-order valence-corrected chi connectivity index (χ2v) is 14.1. The van der Waals surface area contributed by atoms with Crippen molar-refractivity contribution in [1.82, 2.24) is 10.2 Å². The number of hydrogen-bond acceptors (Lipinski definition) is 4. The Balaban J connectivity index is 1.81. The summed E-state index contributed by atoms with van der Waals surface area (Å²) in [6.07, 6.45) is 0.987. The number of carbonyl (C=O) groups is 2. The van der Waals surface area contributed by atoms with Crippen molar-refractivity contribution in [3.8, 4) is 0 Å². The number of nitrogens with one attached hydrogen (secondary N) is 1. The van der Waals surface area contributed by atoms with Crippen molar-refractivity contribution in [3.63, 3.8) is 0 Å². The highest BCUT2D eigenvalue weighted by Gasteiger charge is 2.35. The largest absolute Gasteiger partial charge is 0.352 e. The Morgan fingerprint density at radius 3 is 2.07 bits per heavy atom. The molecule has 45 heavy (non-hydrogen) atoms. The summed E-state index contributed by atoms with van der Waals surface area (Å²) >= 11 is 3.47. The molecule has 2 atom stereocenters. The highest BCUT2D eigenvalue weighted by atomic mass is 79.9. The number of amides is 2. The van der Waals surface area contributed by atoms with Crippen molar-refractivity contribution < 1.29 is 18.0 Å². The zero-order valence-corrected chi connectivity index (χ0v) is 28.5. The van der Waals surface area contributed by atoms with E-state index in [-0.39, 0.29) is 29.8 Å². The van der Waals surface area contributed by atoms with Crippen LogP contribution in [-0.2, 0) is 32.6 Å². The molecule has 2 amide bonds. The van der Waals surface area contributed by atoms with Crippen LogP contribution in [0.15, 0.2) is 112 Å². The van der Waals surface area contributed by atoms with Gasteiger partial charge in [0.25, 0.3) is 10.0 Å². The van der Waals surface area contributed by atoms with Crippen LogP contribution in [0.25, 0.3) is 0 Å². The zero-order valence-electron chi connectivity index (χ0n) is 26.1. The van der Waals surface area contributed by atoms with Crippen molar-refractivity contribution in [2.24, 2.45) is 0 Å². The van der Waals surface area contributed by atoms with Gasteiger partial charge in [-0.05, 0) is 74.2 Å². The van der Waals surface area contributed by atoms with Gasteiger partial charge in [-0.2, -0.15) is 0 Å². The van der Waals surface area contributed by atoms with Crippen LogP contribution < -0.4 is 9.62 Å². The molecule has 0 saturated carbocycles. The van der Waals surface area contributed by atoms with E-state index in [2.05, 4.69) is 21.2 Å². The summed E-state index contributed by atoms with van der Waals surface area (Å²) in [6, 6.07) is 29.8. The average molecular weight is 691 g/mol. The quantitative estimate of drug-likeness (QED) is 0.167. The lowest BCUT2D eigenvalue weighted by Gasteiger charge is -2.34. The molecule has 0 fully saturated rings. The first-order valence-electron chi connectivity index (χ1n) is 15.0. The molecule has 7 nitrogen and oxygen atoms in total. The normalized spacial score (nSPS) is 12.6. The fourth-order valence-corrected chi connectivity index (χ4v) is 6.72. The van der Waals surface area contributed by atoms with Gasteiger partial charge in [0.1, 0.15) is 12.6 Å². The number of para-hydroxylation sites is 1. The lowest BCUT2D eigenvalue weighted by molar-refractivity contribution is -0.140. The topological polar surface area (TPSA) is 86.8 Å². The van der Waals surface area contributed by atoms with E-state index < -0.39 is 28.5 Å². The van der Waals surface area contributed by atoms with Gasteiger partial charge in [-0.1, -0.05) is 101 Å². The second kappa shape index (κ2) is 15.4. The third kappa shape index (κ3) is 8.83. The Bertz CT molecular complexity index is 1690. The van der Waals surface area contributed by atoms with Gasteiger partial charge in [-0.25, -0.2) is 8.42 Å². The summed E-state index contributed by atoms with van der Waals surface area (Å²) < 4.78 is 30.4. The average Bonchev–Trinajstić information content (AvgIpc) is 3.03. The Kier molecular flexibility index (Phi) is 11.6. The van der Waals surface area contributed by atoms with E-state index in [9.17, 15) is 18.0 Å². The number of anilines is 1. The summed E-state index contributed by atoms with van der Waals surface area (Å²) in [5, 5.41) is 3.06. The Morgan fingerprint density at radius 2 is 1.44 bits per heavy atom. The monoisotopic (exact) mass is 689 g/mol. The number of carbonyl (C=O) groups excluding carboxylic acids is 2. The number of halogens is 1. The van der Waals surface area contributed by atoms with Gasteiger partial charge < -0.3 is 10.2 Å². The molecule has 0 spiro atoms. The van der Waals surface area contributed by atoms with Gasteiger partial charge >= 0.3 is 0 Å².